The summed E-state index contributed by atoms with van der Waals surface area (Å²) in [6, 6.07) is -0.129. The normalized spacial score (nSPS) is 18.2. The fraction of sp³-hybridized carbons (Fsp3) is 0.923. The number of hydrogen-bond acceptors (Lipinski definition) is 4. The van der Waals surface area contributed by atoms with Gasteiger partial charge in [-0.2, -0.15) is 0 Å². The van der Waals surface area contributed by atoms with E-state index in [2.05, 4.69) is 17.1 Å². The van der Waals surface area contributed by atoms with Crippen LogP contribution in [-0.4, -0.2) is 49.7 Å². The standard InChI is InChI=1S/C13H26N2O2/c1-3-8-14-12(13(16)17-4-2)7-11-15-9-5-6-10-15/h12,14H,3-11H2,1-2H3. The van der Waals surface area contributed by atoms with Crippen LogP contribution in [0.1, 0.15) is 39.5 Å². The molecule has 0 bridgehead atoms. The first kappa shape index (κ1) is 14.5. The molecule has 1 rings (SSSR count). The third-order valence-corrected chi connectivity index (χ3v) is 3.14. The molecule has 1 unspecified atom stereocenters. The summed E-state index contributed by atoms with van der Waals surface area (Å²) in [4.78, 5) is 14.2. The van der Waals surface area contributed by atoms with E-state index in [-0.39, 0.29) is 12.0 Å². The number of esters is 1. The highest BCUT2D eigenvalue weighted by atomic mass is 16.5. The number of nitrogens with one attached hydrogen (secondary N) is 1. The van der Waals surface area contributed by atoms with Gasteiger partial charge >= 0.3 is 5.97 Å². The van der Waals surface area contributed by atoms with Gasteiger partial charge in [0, 0.05) is 6.54 Å². The van der Waals surface area contributed by atoms with E-state index in [0.717, 1.165) is 25.9 Å². The summed E-state index contributed by atoms with van der Waals surface area (Å²) in [6.45, 7) is 8.67. The van der Waals surface area contributed by atoms with E-state index in [9.17, 15) is 4.79 Å². The Bertz CT molecular complexity index is 215. The Hall–Kier alpha value is -0.610. The van der Waals surface area contributed by atoms with Gasteiger partial charge in [-0.15, -0.1) is 0 Å². The molecule has 1 aliphatic heterocycles. The van der Waals surface area contributed by atoms with Crippen molar-refractivity contribution in [2.24, 2.45) is 0 Å². The molecule has 17 heavy (non-hydrogen) atoms. The molecular weight excluding hydrogens is 216 g/mol. The first-order valence-electron chi connectivity index (χ1n) is 6.90. The van der Waals surface area contributed by atoms with E-state index in [1.807, 2.05) is 6.92 Å². The molecule has 0 spiro atoms. The van der Waals surface area contributed by atoms with Crippen LogP contribution in [0.4, 0.5) is 0 Å². The summed E-state index contributed by atoms with van der Waals surface area (Å²) in [5.41, 5.74) is 0. The molecule has 4 nitrogen and oxygen atoms in total. The maximum Gasteiger partial charge on any atom is 0.323 e. The zero-order chi connectivity index (χ0) is 12.5. The lowest BCUT2D eigenvalue weighted by atomic mass is 10.2. The van der Waals surface area contributed by atoms with Crippen molar-refractivity contribution in [1.29, 1.82) is 0 Å². The Morgan fingerprint density at radius 1 is 1.35 bits per heavy atom. The van der Waals surface area contributed by atoms with Crippen LogP contribution in [0.2, 0.25) is 0 Å². The van der Waals surface area contributed by atoms with Gasteiger partial charge in [0.25, 0.3) is 0 Å². The summed E-state index contributed by atoms with van der Waals surface area (Å²) in [5, 5.41) is 3.28. The van der Waals surface area contributed by atoms with Crippen molar-refractivity contribution in [3.63, 3.8) is 0 Å². The maximum atomic E-state index is 11.8. The van der Waals surface area contributed by atoms with Crippen LogP contribution in [-0.2, 0) is 9.53 Å². The molecule has 1 aliphatic rings. The smallest absolute Gasteiger partial charge is 0.323 e. The summed E-state index contributed by atoms with van der Waals surface area (Å²) in [7, 11) is 0. The van der Waals surface area contributed by atoms with E-state index >= 15 is 0 Å². The topological polar surface area (TPSA) is 41.6 Å². The molecule has 1 heterocycles. The molecule has 0 amide bonds. The van der Waals surface area contributed by atoms with Crippen LogP contribution in [0, 0.1) is 0 Å². The summed E-state index contributed by atoms with van der Waals surface area (Å²) in [6.07, 6.45) is 4.50. The molecule has 0 aromatic heterocycles. The minimum Gasteiger partial charge on any atom is -0.465 e. The first-order chi connectivity index (χ1) is 8.27. The Morgan fingerprint density at radius 3 is 2.65 bits per heavy atom. The van der Waals surface area contributed by atoms with Crippen molar-refractivity contribution >= 4 is 5.97 Å². The van der Waals surface area contributed by atoms with Crippen molar-refractivity contribution in [1.82, 2.24) is 10.2 Å². The highest BCUT2D eigenvalue weighted by Crippen LogP contribution is 2.09. The Morgan fingerprint density at radius 2 is 2.06 bits per heavy atom. The van der Waals surface area contributed by atoms with Crippen molar-refractivity contribution in [3.8, 4) is 0 Å². The minimum atomic E-state index is -0.129. The summed E-state index contributed by atoms with van der Waals surface area (Å²) >= 11 is 0. The van der Waals surface area contributed by atoms with Crippen LogP contribution < -0.4 is 5.32 Å². The van der Waals surface area contributed by atoms with Gasteiger partial charge in [0.05, 0.1) is 6.61 Å². The Balaban J connectivity index is 2.30. The van der Waals surface area contributed by atoms with Crippen LogP contribution in [0.5, 0.6) is 0 Å². The number of hydrogen-bond donors (Lipinski definition) is 1. The summed E-state index contributed by atoms with van der Waals surface area (Å²) < 4.78 is 5.10. The first-order valence-corrected chi connectivity index (χ1v) is 6.90. The zero-order valence-electron chi connectivity index (χ0n) is 11.2. The second kappa shape index (κ2) is 8.48. The van der Waals surface area contributed by atoms with Gasteiger partial charge in [-0.3, -0.25) is 4.79 Å². The van der Waals surface area contributed by atoms with Crippen LogP contribution in [0.15, 0.2) is 0 Å². The molecule has 1 N–H and O–H groups in total. The van der Waals surface area contributed by atoms with Crippen LogP contribution in [0.3, 0.4) is 0 Å². The second-order valence-corrected chi connectivity index (χ2v) is 4.60. The van der Waals surface area contributed by atoms with E-state index in [4.69, 9.17) is 4.74 Å². The van der Waals surface area contributed by atoms with E-state index < -0.39 is 0 Å². The van der Waals surface area contributed by atoms with E-state index in [0.29, 0.717) is 6.61 Å². The summed E-state index contributed by atoms with van der Waals surface area (Å²) in [5.74, 6) is -0.0971. The molecule has 0 saturated carbocycles. The van der Waals surface area contributed by atoms with Gasteiger partial charge in [0.15, 0.2) is 0 Å². The highest BCUT2D eigenvalue weighted by molar-refractivity contribution is 5.75. The monoisotopic (exact) mass is 242 g/mol. The average Bonchev–Trinajstić information content (AvgIpc) is 2.82. The highest BCUT2D eigenvalue weighted by Gasteiger charge is 2.20. The van der Waals surface area contributed by atoms with Gasteiger partial charge in [0.2, 0.25) is 0 Å². The van der Waals surface area contributed by atoms with Crippen LogP contribution >= 0.6 is 0 Å². The number of nitrogens with zero attached hydrogens (tertiary/aromatic N) is 1. The predicted molar refractivity (Wildman–Crippen MR) is 69.0 cm³/mol. The molecule has 1 fully saturated rings. The molecule has 0 aromatic rings. The lowest BCUT2D eigenvalue weighted by Crippen LogP contribution is -2.41. The van der Waals surface area contributed by atoms with E-state index in [1.165, 1.54) is 25.9 Å². The Kier molecular flexibility index (Phi) is 7.21. The Labute approximate surface area is 105 Å². The number of carbonyl (C=O) groups excluding carboxylic acids is 1. The maximum absolute atomic E-state index is 11.8. The van der Waals surface area contributed by atoms with E-state index in [1.54, 1.807) is 0 Å². The molecule has 1 atom stereocenters. The quantitative estimate of drug-likeness (QED) is 0.653. The number of rotatable bonds is 8. The number of ether oxygens (including phenoxy) is 1. The zero-order valence-corrected chi connectivity index (χ0v) is 11.2. The van der Waals surface area contributed by atoms with Crippen molar-refractivity contribution in [2.45, 2.75) is 45.6 Å². The predicted octanol–water partition coefficient (Wildman–Crippen LogP) is 1.40. The number of likely N-dealkylation sites (tertiary alicyclic amines) is 1. The average molecular weight is 242 g/mol. The molecule has 4 heteroatoms. The van der Waals surface area contributed by atoms with Gasteiger partial charge in [-0.1, -0.05) is 6.92 Å². The fourth-order valence-electron chi connectivity index (χ4n) is 2.18. The third kappa shape index (κ3) is 5.50. The van der Waals surface area contributed by atoms with Crippen LogP contribution in [0.25, 0.3) is 0 Å². The number of carbonyl (C=O) groups is 1. The van der Waals surface area contributed by atoms with Crippen molar-refractivity contribution in [2.75, 3.05) is 32.8 Å². The van der Waals surface area contributed by atoms with Gasteiger partial charge in [-0.05, 0) is 52.2 Å². The van der Waals surface area contributed by atoms with Gasteiger partial charge in [-0.25, -0.2) is 0 Å². The molecule has 0 radical (unpaired) electrons. The lowest BCUT2D eigenvalue weighted by Gasteiger charge is -2.20. The molecular formula is C13H26N2O2. The largest absolute Gasteiger partial charge is 0.465 e. The van der Waals surface area contributed by atoms with Crippen molar-refractivity contribution < 1.29 is 9.53 Å². The van der Waals surface area contributed by atoms with Crippen molar-refractivity contribution in [3.05, 3.63) is 0 Å². The fourth-order valence-corrected chi connectivity index (χ4v) is 2.18. The van der Waals surface area contributed by atoms with Gasteiger partial charge < -0.3 is 15.0 Å². The minimum absolute atomic E-state index is 0.0971. The SMILES string of the molecule is CCCNC(CCN1CCCC1)C(=O)OCC. The molecule has 0 aromatic carbocycles. The molecule has 0 aliphatic carbocycles. The molecule has 1 saturated heterocycles. The van der Waals surface area contributed by atoms with Gasteiger partial charge in [0.1, 0.15) is 6.04 Å². The second-order valence-electron chi connectivity index (χ2n) is 4.60. The lowest BCUT2D eigenvalue weighted by molar-refractivity contribution is -0.145. The molecule has 100 valence electrons. The third-order valence-electron chi connectivity index (χ3n) is 3.14.